The maximum absolute atomic E-state index is 5.40. The number of aromatic nitrogens is 3. The zero-order valence-corrected chi connectivity index (χ0v) is 30.5. The van der Waals surface area contributed by atoms with E-state index < -0.39 is 5.41 Å². The molecule has 0 saturated heterocycles. The van der Waals surface area contributed by atoms with Gasteiger partial charge in [-0.3, -0.25) is 4.57 Å². The molecule has 0 amide bonds. The van der Waals surface area contributed by atoms with Crippen molar-refractivity contribution in [2.75, 3.05) is 0 Å². The van der Waals surface area contributed by atoms with Crippen LogP contribution in [0.3, 0.4) is 0 Å². The minimum Gasteiger partial charge on any atom is -0.277 e. The van der Waals surface area contributed by atoms with Gasteiger partial charge in [-0.2, -0.15) is 0 Å². The Balaban J connectivity index is 1.24. The predicted octanol–water partition coefficient (Wildman–Crippen LogP) is 12.9. The first kappa shape index (κ1) is 30.7. The first-order valence-electron chi connectivity index (χ1n) is 18.8. The van der Waals surface area contributed by atoms with Crippen LogP contribution in [0, 0.1) is 0 Å². The molecule has 3 nitrogen and oxygen atoms in total. The van der Waals surface area contributed by atoms with Crippen LogP contribution in [0.25, 0.3) is 72.2 Å². The lowest BCUT2D eigenvalue weighted by molar-refractivity contribution is 0.726. The molecule has 2 aromatic heterocycles. The van der Waals surface area contributed by atoms with E-state index in [2.05, 4.69) is 193 Å². The van der Waals surface area contributed by atoms with Gasteiger partial charge in [0.15, 0.2) is 0 Å². The zero-order chi connectivity index (χ0) is 36.1. The zero-order valence-electron chi connectivity index (χ0n) is 29.6. The Bertz CT molecular complexity index is 3080. The molecule has 0 N–H and O–H groups in total. The van der Waals surface area contributed by atoms with Crippen molar-refractivity contribution in [3.8, 4) is 39.6 Å². The summed E-state index contributed by atoms with van der Waals surface area (Å²) in [7, 11) is 0. The molecule has 1 aliphatic heterocycles. The van der Waals surface area contributed by atoms with Crippen LogP contribution in [0.1, 0.15) is 22.3 Å². The van der Waals surface area contributed by atoms with Gasteiger partial charge in [-0.1, -0.05) is 182 Å². The molecule has 0 unspecified atom stereocenters. The third kappa shape index (κ3) is 4.23. The van der Waals surface area contributed by atoms with Crippen LogP contribution in [-0.4, -0.2) is 14.5 Å². The molecular weight excluding hydrogens is 687 g/mol. The van der Waals surface area contributed by atoms with Crippen molar-refractivity contribution in [3.05, 3.63) is 210 Å². The number of fused-ring (bicyclic) bond motifs is 15. The Kier molecular flexibility index (Phi) is 6.48. The Hall–Kier alpha value is -6.75. The SMILES string of the molecule is c1ccc(-c2cc(-c3ccccc3)nc(-n3c4ccc5c(c4c4ccc6ccccc6c43)Sc3ccccc3C53c4ccccc4-c4ccccc43)n2)cc1. The van der Waals surface area contributed by atoms with Crippen LogP contribution in [-0.2, 0) is 5.41 Å². The van der Waals surface area contributed by atoms with E-state index in [1.165, 1.54) is 64.7 Å². The Labute approximate surface area is 322 Å². The average molecular weight is 718 g/mol. The number of hydrogen-bond donors (Lipinski definition) is 0. The fourth-order valence-electron chi connectivity index (χ4n) is 9.43. The standard InChI is InChI=1S/C51H31N3S/c1-3-16-33(17-4-1)43-31-44(34-18-5-2-6-19-34)53-50(52-43)54-45-30-29-42-49(47(45)38-28-27-32-15-7-8-20-35(32)48(38)54)55-46-26-14-13-25-41(46)51(42)39-23-11-9-21-36(39)37-22-10-12-24-40(37)51/h1-31H. The number of rotatable bonds is 3. The minimum atomic E-state index is -0.464. The van der Waals surface area contributed by atoms with Gasteiger partial charge in [0.05, 0.1) is 27.8 Å². The van der Waals surface area contributed by atoms with Crippen molar-refractivity contribution in [3.63, 3.8) is 0 Å². The smallest absolute Gasteiger partial charge is 0.235 e. The predicted molar refractivity (Wildman–Crippen MR) is 226 cm³/mol. The Morgan fingerprint density at radius 1 is 0.455 bits per heavy atom. The van der Waals surface area contributed by atoms with Crippen LogP contribution in [0.4, 0.5) is 0 Å². The van der Waals surface area contributed by atoms with Gasteiger partial charge in [0.1, 0.15) is 0 Å². The van der Waals surface area contributed by atoms with E-state index in [4.69, 9.17) is 9.97 Å². The summed E-state index contributed by atoms with van der Waals surface area (Å²) in [5.74, 6) is 0.656. The summed E-state index contributed by atoms with van der Waals surface area (Å²) in [6, 6.07) is 68.1. The molecule has 12 rings (SSSR count). The van der Waals surface area contributed by atoms with Crippen molar-refractivity contribution < 1.29 is 0 Å². The van der Waals surface area contributed by atoms with E-state index in [-0.39, 0.29) is 0 Å². The van der Waals surface area contributed by atoms with Gasteiger partial charge in [-0.25, -0.2) is 9.97 Å². The van der Waals surface area contributed by atoms with Gasteiger partial charge in [-0.15, -0.1) is 0 Å². The lowest BCUT2D eigenvalue weighted by Crippen LogP contribution is -2.32. The van der Waals surface area contributed by atoms with Gasteiger partial charge >= 0.3 is 0 Å². The number of benzene rings is 8. The van der Waals surface area contributed by atoms with Crippen molar-refractivity contribution in [2.24, 2.45) is 0 Å². The monoisotopic (exact) mass is 717 g/mol. The Morgan fingerprint density at radius 2 is 1.04 bits per heavy atom. The number of hydrogen-bond acceptors (Lipinski definition) is 3. The molecule has 256 valence electrons. The molecule has 3 heterocycles. The summed E-state index contributed by atoms with van der Waals surface area (Å²) in [4.78, 5) is 13.4. The first-order chi connectivity index (χ1) is 27.3. The van der Waals surface area contributed by atoms with Crippen LogP contribution < -0.4 is 0 Å². The quantitative estimate of drug-likeness (QED) is 0.182. The summed E-state index contributed by atoms with van der Waals surface area (Å²) >= 11 is 1.90. The molecule has 10 aromatic rings. The fourth-order valence-corrected chi connectivity index (χ4v) is 10.8. The molecule has 4 heteroatoms. The lowest BCUT2D eigenvalue weighted by Gasteiger charge is -2.40. The van der Waals surface area contributed by atoms with E-state index in [1.54, 1.807) is 0 Å². The summed E-state index contributed by atoms with van der Waals surface area (Å²) in [5.41, 5.74) is 13.6. The van der Waals surface area contributed by atoms with E-state index in [0.717, 1.165) is 33.5 Å². The maximum atomic E-state index is 5.40. The van der Waals surface area contributed by atoms with Crippen molar-refractivity contribution in [1.29, 1.82) is 0 Å². The summed E-state index contributed by atoms with van der Waals surface area (Å²) in [6.45, 7) is 0. The van der Waals surface area contributed by atoms with Crippen molar-refractivity contribution in [2.45, 2.75) is 15.2 Å². The van der Waals surface area contributed by atoms with E-state index in [9.17, 15) is 0 Å². The molecular formula is C51H31N3S. The third-order valence-corrected chi connectivity index (χ3v) is 12.9. The maximum Gasteiger partial charge on any atom is 0.235 e. The van der Waals surface area contributed by atoms with Gasteiger partial charge < -0.3 is 0 Å². The average Bonchev–Trinajstić information content (AvgIpc) is 3.76. The Morgan fingerprint density at radius 3 is 1.73 bits per heavy atom. The second kappa shape index (κ2) is 11.6. The van der Waals surface area contributed by atoms with Crippen LogP contribution >= 0.6 is 11.8 Å². The molecule has 0 saturated carbocycles. The van der Waals surface area contributed by atoms with Crippen LogP contribution in [0.15, 0.2) is 198 Å². The second-order valence-corrected chi connectivity index (χ2v) is 15.5. The van der Waals surface area contributed by atoms with Gasteiger partial charge in [0, 0.05) is 37.1 Å². The van der Waals surface area contributed by atoms with Gasteiger partial charge in [0.25, 0.3) is 0 Å². The highest BCUT2D eigenvalue weighted by atomic mass is 32.2. The fraction of sp³-hybridized carbons (Fsp3) is 0.0196. The van der Waals surface area contributed by atoms with Crippen molar-refractivity contribution in [1.82, 2.24) is 14.5 Å². The van der Waals surface area contributed by atoms with Crippen LogP contribution in [0.2, 0.25) is 0 Å². The van der Waals surface area contributed by atoms with Gasteiger partial charge in [0.2, 0.25) is 5.95 Å². The minimum absolute atomic E-state index is 0.464. The molecule has 0 fully saturated rings. The summed E-state index contributed by atoms with van der Waals surface area (Å²) < 4.78 is 2.33. The van der Waals surface area contributed by atoms with Crippen molar-refractivity contribution >= 4 is 44.3 Å². The van der Waals surface area contributed by atoms with E-state index in [0.29, 0.717) is 5.95 Å². The first-order valence-corrected chi connectivity index (χ1v) is 19.6. The summed E-state index contributed by atoms with van der Waals surface area (Å²) in [6.07, 6.45) is 0. The number of nitrogens with zero attached hydrogens (tertiary/aromatic N) is 3. The molecule has 0 atom stereocenters. The van der Waals surface area contributed by atoms with E-state index in [1.807, 2.05) is 11.8 Å². The van der Waals surface area contributed by atoms with E-state index >= 15 is 0 Å². The molecule has 8 aromatic carbocycles. The lowest BCUT2D eigenvalue weighted by atomic mass is 9.67. The third-order valence-electron chi connectivity index (χ3n) is 11.7. The van der Waals surface area contributed by atoms with Gasteiger partial charge in [-0.05, 0) is 57.0 Å². The topological polar surface area (TPSA) is 30.7 Å². The molecule has 55 heavy (non-hydrogen) atoms. The molecule has 2 aliphatic rings. The highest BCUT2D eigenvalue weighted by molar-refractivity contribution is 7.99. The second-order valence-electron chi connectivity index (χ2n) is 14.5. The highest BCUT2D eigenvalue weighted by Crippen LogP contribution is 2.63. The summed E-state index contributed by atoms with van der Waals surface area (Å²) in [5, 5.41) is 4.78. The molecule has 1 spiro atoms. The van der Waals surface area contributed by atoms with Crippen LogP contribution in [0.5, 0.6) is 0 Å². The normalized spacial score (nSPS) is 13.5. The molecule has 0 bridgehead atoms. The molecule has 0 radical (unpaired) electrons. The highest BCUT2D eigenvalue weighted by Gasteiger charge is 2.50. The largest absolute Gasteiger partial charge is 0.277 e. The molecule has 1 aliphatic carbocycles.